The van der Waals surface area contributed by atoms with Gasteiger partial charge < -0.3 is 14.7 Å². The molecule has 13 aromatic rings. The molecule has 0 aromatic heterocycles. The Morgan fingerprint density at radius 1 is 0.253 bits per heavy atom. The highest BCUT2D eigenvalue weighted by Gasteiger charge is 2.65. The van der Waals surface area contributed by atoms with Crippen molar-refractivity contribution in [3.05, 3.63) is 229 Å². The Morgan fingerprint density at radius 2 is 0.590 bits per heavy atom. The van der Waals surface area contributed by atoms with Crippen molar-refractivity contribution in [2.45, 2.75) is 113 Å². The zero-order valence-electron chi connectivity index (χ0n) is 48.3. The van der Waals surface area contributed by atoms with Crippen LogP contribution in [0, 0.1) is 0 Å². The summed E-state index contributed by atoms with van der Waals surface area (Å²) in [6.45, 7) is 15.1. The van der Waals surface area contributed by atoms with Crippen LogP contribution in [0.15, 0.2) is 212 Å². The standard InChI is InChI=1S/C80H65N3/c1-75-37-40-78(75,4)81(51-17-10-7-11-18-51)69-34-25-48(43-66(69)75)54-28-31-59-63-47-65-61-33-30-56(50-27-36-71-68(45-50)77(3)39-42-80(77,6)83(71)53-21-14-9-15-22-53)73-55(29-32-60(74(61)73)64(65)46-62(63)58-24-16-23-57(54)72(58)59)49-26-35-70-67(44-49)76(2)38-41-79(76,5)82(70)52-19-12-8-13-20-52/h7-36,43-47H,37-42H2,1-6H3. The van der Waals surface area contributed by atoms with E-state index in [-0.39, 0.29) is 32.9 Å². The molecule has 3 heteroatoms. The summed E-state index contributed by atoms with van der Waals surface area (Å²) in [7, 11) is 0. The van der Waals surface area contributed by atoms with Crippen LogP contribution in [0.3, 0.4) is 0 Å². The molecule has 0 saturated heterocycles. The van der Waals surface area contributed by atoms with Crippen LogP contribution < -0.4 is 14.7 Å². The number of nitrogens with zero attached hydrogens (tertiary/aromatic N) is 3. The lowest BCUT2D eigenvalue weighted by molar-refractivity contribution is 0.133. The molecule has 0 amide bonds. The van der Waals surface area contributed by atoms with Crippen LogP contribution in [0.4, 0.5) is 34.1 Å². The van der Waals surface area contributed by atoms with Crippen molar-refractivity contribution >= 4 is 98.8 Å². The molecule has 0 N–H and O–H groups in total. The first-order valence-corrected chi connectivity index (χ1v) is 30.7. The number of benzene rings is 11. The minimum atomic E-state index is 0.0168. The van der Waals surface area contributed by atoms with Gasteiger partial charge in [-0.05, 0) is 259 Å². The van der Waals surface area contributed by atoms with E-state index in [0.717, 1.165) is 0 Å². The molecule has 3 nitrogen and oxygen atoms in total. The molecule has 3 saturated carbocycles. The van der Waals surface area contributed by atoms with Crippen LogP contribution in [0.1, 0.15) is 96.8 Å². The van der Waals surface area contributed by atoms with E-state index in [4.69, 9.17) is 0 Å². The molecule has 6 unspecified atom stereocenters. The summed E-state index contributed by atoms with van der Waals surface area (Å²) in [5, 5.41) is 16.2. The normalized spacial score (nSPS) is 26.4. The molecule has 6 atom stereocenters. The summed E-state index contributed by atoms with van der Waals surface area (Å²) in [6.07, 6.45) is 7.12. The van der Waals surface area contributed by atoms with Gasteiger partial charge in [-0.1, -0.05) is 148 Å². The third kappa shape index (κ3) is 5.38. The molecule has 3 aliphatic heterocycles. The molecule has 6 aliphatic rings. The average molecular weight is 1070 g/mol. The van der Waals surface area contributed by atoms with E-state index >= 15 is 0 Å². The van der Waals surface area contributed by atoms with Gasteiger partial charge in [-0.25, -0.2) is 0 Å². The second-order valence-electron chi connectivity index (χ2n) is 27.4. The minimum Gasteiger partial charge on any atom is -0.334 e. The van der Waals surface area contributed by atoms with Crippen molar-refractivity contribution < 1.29 is 0 Å². The van der Waals surface area contributed by atoms with Gasteiger partial charge in [-0.15, -0.1) is 0 Å². The highest BCUT2D eigenvalue weighted by Crippen LogP contribution is 2.69. The lowest BCUT2D eigenvalue weighted by Crippen LogP contribution is -2.60. The number of fused-ring (bicyclic) bond motifs is 15. The fourth-order valence-electron chi connectivity index (χ4n) is 18.8. The summed E-state index contributed by atoms with van der Waals surface area (Å²) >= 11 is 0. The largest absolute Gasteiger partial charge is 0.334 e. The summed E-state index contributed by atoms with van der Waals surface area (Å²) in [6, 6.07) is 82.7. The maximum absolute atomic E-state index is 2.66. The Balaban J connectivity index is 0.810. The van der Waals surface area contributed by atoms with Crippen LogP contribution in [0.2, 0.25) is 0 Å². The van der Waals surface area contributed by atoms with E-state index in [0.29, 0.717) is 0 Å². The third-order valence-corrected chi connectivity index (χ3v) is 24.4. The average Bonchev–Trinajstić information content (AvgIpc) is 3.14. The van der Waals surface area contributed by atoms with Gasteiger partial charge in [0.15, 0.2) is 0 Å². The molecule has 0 radical (unpaired) electrons. The topological polar surface area (TPSA) is 9.72 Å². The molecule has 0 spiro atoms. The zero-order chi connectivity index (χ0) is 55.3. The van der Waals surface area contributed by atoms with Gasteiger partial charge in [0, 0.05) is 50.4 Å². The molecule has 19 rings (SSSR count). The van der Waals surface area contributed by atoms with Gasteiger partial charge >= 0.3 is 0 Å². The Hall–Kier alpha value is -8.66. The summed E-state index contributed by atoms with van der Waals surface area (Å²) < 4.78 is 0. The zero-order valence-corrected chi connectivity index (χ0v) is 48.3. The SMILES string of the molecule is CC12CCC1(C)N(c1ccccc1)c1ccc(-c3ccc4c5cc6c(cc5c5cccc3c54)c3ccc(-c4ccc5c(c4)C4(C)CCC4(C)N5c4ccccc4)c4c(-c5ccc7c(c5)C5(C)CCC5(C)N7c5ccccc5)ccc6c43)cc12. The van der Waals surface area contributed by atoms with E-state index in [9.17, 15) is 0 Å². The first-order valence-electron chi connectivity index (χ1n) is 30.7. The van der Waals surface area contributed by atoms with Crippen LogP contribution in [0.25, 0.3) is 98.0 Å². The van der Waals surface area contributed by atoms with Crippen molar-refractivity contribution in [2.24, 2.45) is 0 Å². The Bertz CT molecular complexity index is 4780. The number of anilines is 6. The van der Waals surface area contributed by atoms with Crippen molar-refractivity contribution in [3.8, 4) is 33.4 Å². The Kier molecular flexibility index (Phi) is 8.65. The second kappa shape index (κ2) is 15.3. The first kappa shape index (κ1) is 46.9. The van der Waals surface area contributed by atoms with E-state index in [1.807, 2.05) is 0 Å². The van der Waals surface area contributed by atoms with Gasteiger partial charge in [0.1, 0.15) is 0 Å². The Morgan fingerprint density at radius 3 is 0.964 bits per heavy atom. The van der Waals surface area contributed by atoms with Gasteiger partial charge in [-0.2, -0.15) is 0 Å². The number of hydrogen-bond acceptors (Lipinski definition) is 3. The molecule has 3 heterocycles. The van der Waals surface area contributed by atoms with Gasteiger partial charge in [0.25, 0.3) is 0 Å². The van der Waals surface area contributed by atoms with Gasteiger partial charge in [0.05, 0.1) is 16.6 Å². The van der Waals surface area contributed by atoms with Crippen molar-refractivity contribution in [1.82, 2.24) is 0 Å². The first-order chi connectivity index (χ1) is 40.4. The maximum atomic E-state index is 2.66. The van der Waals surface area contributed by atoms with Crippen LogP contribution >= 0.6 is 0 Å². The minimum absolute atomic E-state index is 0.0168. The summed E-state index contributed by atoms with van der Waals surface area (Å²) in [5.74, 6) is 0. The van der Waals surface area contributed by atoms with E-state index in [1.165, 1.54) is 187 Å². The predicted octanol–water partition coefficient (Wildman–Crippen LogP) is 21.4. The molecule has 13 aromatic carbocycles. The van der Waals surface area contributed by atoms with Gasteiger partial charge in [0.2, 0.25) is 0 Å². The maximum Gasteiger partial charge on any atom is 0.0518 e. The monoisotopic (exact) mass is 1070 g/mol. The van der Waals surface area contributed by atoms with Crippen molar-refractivity contribution in [3.63, 3.8) is 0 Å². The highest BCUT2D eigenvalue weighted by atomic mass is 15.3. The van der Waals surface area contributed by atoms with Gasteiger partial charge in [-0.3, -0.25) is 0 Å². The lowest BCUT2D eigenvalue weighted by Gasteiger charge is -2.56. The quantitative estimate of drug-likeness (QED) is 0.164. The number of rotatable bonds is 6. The fraction of sp³-hybridized carbons (Fsp3) is 0.225. The molecule has 400 valence electrons. The molecule has 3 fully saturated rings. The molecule has 3 aliphatic carbocycles. The van der Waals surface area contributed by atoms with Crippen molar-refractivity contribution in [2.75, 3.05) is 14.7 Å². The van der Waals surface area contributed by atoms with Crippen molar-refractivity contribution in [1.29, 1.82) is 0 Å². The number of para-hydroxylation sites is 3. The third-order valence-electron chi connectivity index (χ3n) is 24.4. The number of hydrogen-bond donors (Lipinski definition) is 0. The van der Waals surface area contributed by atoms with E-state index in [1.54, 1.807) is 0 Å². The van der Waals surface area contributed by atoms with E-state index in [2.05, 4.69) is 269 Å². The van der Waals surface area contributed by atoms with Crippen LogP contribution in [0.5, 0.6) is 0 Å². The van der Waals surface area contributed by atoms with Crippen LogP contribution in [-0.2, 0) is 16.2 Å². The smallest absolute Gasteiger partial charge is 0.0518 e. The summed E-state index contributed by atoms with van der Waals surface area (Å²) in [5.41, 5.74) is 20.5. The van der Waals surface area contributed by atoms with E-state index < -0.39 is 0 Å². The molecular formula is C80H65N3. The summed E-state index contributed by atoms with van der Waals surface area (Å²) in [4.78, 5) is 7.97. The molecular weight excluding hydrogens is 1000 g/mol. The fourth-order valence-corrected chi connectivity index (χ4v) is 18.8. The molecule has 83 heavy (non-hydrogen) atoms. The predicted molar refractivity (Wildman–Crippen MR) is 351 cm³/mol. The highest BCUT2D eigenvalue weighted by molar-refractivity contribution is 6.39. The van der Waals surface area contributed by atoms with Crippen LogP contribution in [-0.4, -0.2) is 16.6 Å². The Labute approximate surface area is 486 Å². The second-order valence-corrected chi connectivity index (χ2v) is 27.4. The molecule has 0 bridgehead atoms. The lowest BCUT2D eigenvalue weighted by atomic mass is 9.55.